The average Bonchev–Trinajstić information content (AvgIpc) is 3.16. The highest BCUT2D eigenvalue weighted by molar-refractivity contribution is 7.22. The third-order valence-corrected chi connectivity index (χ3v) is 6.57. The van der Waals surface area contributed by atoms with E-state index in [9.17, 15) is 4.79 Å². The number of amides is 1. The van der Waals surface area contributed by atoms with Gasteiger partial charge in [-0.25, -0.2) is 4.98 Å². The van der Waals surface area contributed by atoms with Gasteiger partial charge >= 0.3 is 0 Å². The van der Waals surface area contributed by atoms with Gasteiger partial charge in [0.25, 0.3) is 0 Å². The smallest absolute Gasteiger partial charge is 0.233 e. The molecule has 1 saturated heterocycles. The van der Waals surface area contributed by atoms with E-state index in [-0.39, 0.29) is 18.3 Å². The molecule has 0 bridgehead atoms. The number of hydrogen-bond acceptors (Lipinski definition) is 5. The molecular formula is C23H27Cl2N3O2S. The molecule has 31 heavy (non-hydrogen) atoms. The number of halogens is 2. The van der Waals surface area contributed by atoms with Gasteiger partial charge in [-0.1, -0.05) is 53.3 Å². The summed E-state index contributed by atoms with van der Waals surface area (Å²) in [6.07, 6.45) is 1.27. The molecule has 166 valence electrons. The van der Waals surface area contributed by atoms with Gasteiger partial charge in [0.15, 0.2) is 5.13 Å². The summed E-state index contributed by atoms with van der Waals surface area (Å²) in [5.74, 6) is 0.0750. The zero-order valence-electron chi connectivity index (χ0n) is 17.6. The Morgan fingerprint density at radius 1 is 1.23 bits per heavy atom. The number of fused-ring (bicyclic) bond motifs is 1. The quantitative estimate of drug-likeness (QED) is 0.479. The number of rotatable bonds is 7. The van der Waals surface area contributed by atoms with Gasteiger partial charge < -0.3 is 4.74 Å². The maximum atomic E-state index is 13.3. The summed E-state index contributed by atoms with van der Waals surface area (Å²) < 4.78 is 6.44. The summed E-state index contributed by atoms with van der Waals surface area (Å²) >= 11 is 7.77. The van der Waals surface area contributed by atoms with Crippen LogP contribution in [0.25, 0.3) is 10.2 Å². The van der Waals surface area contributed by atoms with Gasteiger partial charge in [0.2, 0.25) is 5.91 Å². The molecule has 8 heteroatoms. The van der Waals surface area contributed by atoms with E-state index < -0.39 is 0 Å². The predicted molar refractivity (Wildman–Crippen MR) is 131 cm³/mol. The zero-order valence-corrected chi connectivity index (χ0v) is 19.9. The molecule has 0 N–H and O–H groups in total. The van der Waals surface area contributed by atoms with Gasteiger partial charge in [-0.2, -0.15) is 0 Å². The van der Waals surface area contributed by atoms with Crippen molar-refractivity contribution in [3.8, 4) is 0 Å². The first kappa shape index (κ1) is 24.0. The van der Waals surface area contributed by atoms with Crippen LogP contribution >= 0.6 is 35.3 Å². The summed E-state index contributed by atoms with van der Waals surface area (Å²) in [5.41, 5.74) is 2.97. The molecule has 1 aromatic heterocycles. The van der Waals surface area contributed by atoms with Crippen molar-refractivity contribution >= 4 is 56.6 Å². The van der Waals surface area contributed by atoms with Crippen LogP contribution in [0, 0.1) is 6.92 Å². The van der Waals surface area contributed by atoms with Crippen molar-refractivity contribution in [1.82, 2.24) is 9.88 Å². The van der Waals surface area contributed by atoms with E-state index in [4.69, 9.17) is 21.3 Å². The molecule has 0 spiro atoms. The van der Waals surface area contributed by atoms with Crippen molar-refractivity contribution in [2.75, 3.05) is 44.3 Å². The first-order chi connectivity index (χ1) is 14.6. The lowest BCUT2D eigenvalue weighted by Crippen LogP contribution is -2.39. The SMILES string of the molecule is Cc1cc(Cl)cc2sc(N(CCCN3CCOCC3)C(=O)Cc3ccccc3)nc12.Cl. The summed E-state index contributed by atoms with van der Waals surface area (Å²) in [6, 6.07) is 13.7. The first-order valence-corrected chi connectivity index (χ1v) is 11.5. The second-order valence-electron chi connectivity index (χ2n) is 7.58. The number of benzene rings is 2. The lowest BCUT2D eigenvalue weighted by atomic mass is 10.1. The third-order valence-electron chi connectivity index (χ3n) is 5.33. The number of morpholine rings is 1. The van der Waals surface area contributed by atoms with E-state index in [1.807, 2.05) is 54.3 Å². The molecule has 0 atom stereocenters. The summed E-state index contributed by atoms with van der Waals surface area (Å²) in [4.78, 5) is 22.3. The van der Waals surface area contributed by atoms with Gasteiger partial charge in [-0.15, -0.1) is 12.4 Å². The zero-order chi connectivity index (χ0) is 20.9. The highest BCUT2D eigenvalue weighted by atomic mass is 35.5. The number of thiazole rings is 1. The number of nitrogens with zero attached hydrogens (tertiary/aromatic N) is 3. The average molecular weight is 480 g/mol. The predicted octanol–water partition coefficient (Wildman–Crippen LogP) is 4.98. The third kappa shape index (κ3) is 6.18. The summed E-state index contributed by atoms with van der Waals surface area (Å²) in [7, 11) is 0. The topological polar surface area (TPSA) is 45.7 Å². The lowest BCUT2D eigenvalue weighted by molar-refractivity contribution is -0.118. The molecule has 0 radical (unpaired) electrons. The molecule has 3 aromatic rings. The fourth-order valence-electron chi connectivity index (χ4n) is 3.73. The number of carbonyl (C=O) groups excluding carboxylic acids is 1. The van der Waals surface area contributed by atoms with Gasteiger partial charge in [0, 0.05) is 31.2 Å². The monoisotopic (exact) mass is 479 g/mol. The van der Waals surface area contributed by atoms with Crippen molar-refractivity contribution in [1.29, 1.82) is 0 Å². The molecule has 0 unspecified atom stereocenters. The van der Waals surface area contributed by atoms with E-state index in [1.54, 1.807) is 0 Å². The maximum Gasteiger partial charge on any atom is 0.233 e. The maximum absolute atomic E-state index is 13.3. The van der Waals surface area contributed by atoms with Crippen LogP contribution in [0.3, 0.4) is 0 Å². The van der Waals surface area contributed by atoms with E-state index in [1.165, 1.54) is 11.3 Å². The Bertz CT molecular complexity index is 1010. The van der Waals surface area contributed by atoms with Gasteiger partial charge in [-0.3, -0.25) is 14.6 Å². The van der Waals surface area contributed by atoms with Crippen LogP contribution in [0.5, 0.6) is 0 Å². The second kappa shape index (κ2) is 11.2. The number of aryl methyl sites for hydroxylation is 1. The van der Waals surface area contributed by atoms with Crippen LogP contribution in [0.15, 0.2) is 42.5 Å². The van der Waals surface area contributed by atoms with Crippen LogP contribution in [0.4, 0.5) is 5.13 Å². The van der Waals surface area contributed by atoms with Crippen LogP contribution < -0.4 is 4.90 Å². The number of carbonyl (C=O) groups is 1. The van der Waals surface area contributed by atoms with Crippen molar-refractivity contribution in [2.45, 2.75) is 19.8 Å². The van der Waals surface area contributed by atoms with Crippen molar-refractivity contribution < 1.29 is 9.53 Å². The minimum Gasteiger partial charge on any atom is -0.379 e. The lowest BCUT2D eigenvalue weighted by Gasteiger charge is -2.27. The second-order valence-corrected chi connectivity index (χ2v) is 9.03. The van der Waals surface area contributed by atoms with Gasteiger partial charge in [0.1, 0.15) is 0 Å². The molecule has 1 aliphatic heterocycles. The molecule has 1 amide bonds. The standard InChI is InChI=1S/C23H26ClN3O2S.ClH/c1-17-14-19(24)16-20-22(17)25-23(30-20)27(9-5-8-26-10-12-29-13-11-26)21(28)15-18-6-3-2-4-7-18;/h2-4,6-7,14,16H,5,8-13,15H2,1H3;1H. The Balaban J connectivity index is 0.00000272. The molecule has 4 rings (SSSR count). The normalized spacial score (nSPS) is 14.4. The fourth-order valence-corrected chi connectivity index (χ4v) is 5.19. The molecule has 1 aliphatic rings. The fraction of sp³-hybridized carbons (Fsp3) is 0.391. The highest BCUT2D eigenvalue weighted by Gasteiger charge is 2.21. The first-order valence-electron chi connectivity index (χ1n) is 10.3. The molecule has 0 aliphatic carbocycles. The summed E-state index contributed by atoms with van der Waals surface area (Å²) in [6.45, 7) is 7.09. The molecule has 1 fully saturated rings. The number of hydrogen-bond donors (Lipinski definition) is 0. The largest absolute Gasteiger partial charge is 0.379 e. The number of aromatic nitrogens is 1. The molecule has 0 saturated carbocycles. The Kier molecular flexibility index (Phi) is 8.69. The Labute approximate surface area is 198 Å². The van der Waals surface area contributed by atoms with Crippen molar-refractivity contribution in [2.24, 2.45) is 0 Å². The Hall–Kier alpha value is -1.70. The molecule has 5 nitrogen and oxygen atoms in total. The molecule has 2 heterocycles. The van der Waals surface area contributed by atoms with Crippen LogP contribution in [0.2, 0.25) is 5.02 Å². The van der Waals surface area contributed by atoms with Crippen LogP contribution in [-0.4, -0.2) is 55.2 Å². The number of anilines is 1. The van der Waals surface area contributed by atoms with E-state index in [0.717, 1.165) is 65.7 Å². The Morgan fingerprint density at radius 2 is 1.97 bits per heavy atom. The minimum absolute atomic E-state index is 0. The Morgan fingerprint density at radius 3 is 2.71 bits per heavy atom. The van der Waals surface area contributed by atoms with Crippen molar-refractivity contribution in [3.63, 3.8) is 0 Å². The molecular weight excluding hydrogens is 453 g/mol. The van der Waals surface area contributed by atoms with Gasteiger partial charge in [0.05, 0.1) is 29.9 Å². The number of ether oxygens (including phenoxy) is 1. The summed E-state index contributed by atoms with van der Waals surface area (Å²) in [5, 5.41) is 1.45. The van der Waals surface area contributed by atoms with Crippen molar-refractivity contribution in [3.05, 3.63) is 58.6 Å². The van der Waals surface area contributed by atoms with Crippen LogP contribution in [0.1, 0.15) is 17.5 Å². The minimum atomic E-state index is 0. The van der Waals surface area contributed by atoms with Crippen LogP contribution in [-0.2, 0) is 16.0 Å². The molecule has 2 aromatic carbocycles. The van der Waals surface area contributed by atoms with E-state index in [2.05, 4.69) is 4.90 Å². The van der Waals surface area contributed by atoms with E-state index in [0.29, 0.717) is 18.0 Å². The van der Waals surface area contributed by atoms with Gasteiger partial charge in [-0.05, 0) is 36.6 Å². The highest BCUT2D eigenvalue weighted by Crippen LogP contribution is 2.33. The van der Waals surface area contributed by atoms with E-state index >= 15 is 0 Å².